The molecule has 1 atom stereocenters. The molecule has 1 unspecified atom stereocenters. The van der Waals surface area contributed by atoms with Crippen molar-refractivity contribution >= 4 is 17.5 Å². The SMILES string of the molecule is Cc1cc(OCC2(CC(=O)N(C)Cc3ccccc3)CCCN(CCCc3ccccc3)C2)ccc1Cl. The zero-order valence-corrected chi connectivity index (χ0v) is 22.9. The summed E-state index contributed by atoms with van der Waals surface area (Å²) >= 11 is 6.23. The second kappa shape index (κ2) is 13.1. The average Bonchev–Trinajstić information content (AvgIpc) is 2.91. The molecule has 4 rings (SSSR count). The molecule has 0 saturated carbocycles. The lowest BCUT2D eigenvalue weighted by atomic mass is 9.77. The fourth-order valence-electron chi connectivity index (χ4n) is 5.31. The van der Waals surface area contributed by atoms with Gasteiger partial charge < -0.3 is 14.5 Å². The maximum absolute atomic E-state index is 13.5. The standard InChI is InChI=1S/C32H39ClN2O2/c1-26-21-29(16-17-30(26)33)37-25-32(22-31(36)34(2)23-28-13-7-4-8-14-28)18-10-20-35(24-32)19-9-15-27-11-5-3-6-12-27/h3-8,11-14,16-17,21H,9-10,15,18-20,22-25H2,1-2H3. The molecule has 196 valence electrons. The molecule has 0 bridgehead atoms. The minimum Gasteiger partial charge on any atom is -0.493 e. The van der Waals surface area contributed by atoms with Crippen LogP contribution in [0.25, 0.3) is 0 Å². The first-order valence-electron chi connectivity index (χ1n) is 13.4. The minimum atomic E-state index is -0.222. The molecule has 0 aromatic heterocycles. The van der Waals surface area contributed by atoms with Crippen molar-refractivity contribution in [1.82, 2.24) is 9.80 Å². The Kier molecular flexibility index (Phi) is 9.65. The fraction of sp³-hybridized carbons (Fsp3) is 0.406. The first-order chi connectivity index (χ1) is 17.9. The number of benzene rings is 3. The van der Waals surface area contributed by atoms with Gasteiger partial charge in [0, 0.05) is 37.0 Å². The summed E-state index contributed by atoms with van der Waals surface area (Å²) in [4.78, 5) is 17.9. The van der Waals surface area contributed by atoms with Gasteiger partial charge in [0.1, 0.15) is 5.75 Å². The van der Waals surface area contributed by atoms with Crippen molar-refractivity contribution in [3.63, 3.8) is 0 Å². The molecule has 3 aromatic rings. The number of nitrogens with zero attached hydrogens (tertiary/aromatic N) is 2. The normalized spacial score (nSPS) is 17.9. The first-order valence-corrected chi connectivity index (χ1v) is 13.7. The summed E-state index contributed by atoms with van der Waals surface area (Å²) in [5.74, 6) is 0.985. The van der Waals surface area contributed by atoms with E-state index in [4.69, 9.17) is 16.3 Å². The highest BCUT2D eigenvalue weighted by atomic mass is 35.5. The molecule has 1 amide bonds. The van der Waals surface area contributed by atoms with Crippen LogP contribution in [0.2, 0.25) is 5.02 Å². The van der Waals surface area contributed by atoms with Gasteiger partial charge in [0.2, 0.25) is 5.91 Å². The molecule has 1 aliphatic heterocycles. The van der Waals surface area contributed by atoms with E-state index in [1.165, 1.54) is 5.56 Å². The number of aryl methyl sites for hydroxylation is 2. The first kappa shape index (κ1) is 27.2. The maximum atomic E-state index is 13.5. The Morgan fingerprint density at radius 3 is 2.43 bits per heavy atom. The van der Waals surface area contributed by atoms with Gasteiger partial charge in [-0.05, 0) is 80.6 Å². The third-order valence-electron chi connectivity index (χ3n) is 7.41. The molecule has 0 spiro atoms. The molecule has 0 radical (unpaired) electrons. The molecule has 1 fully saturated rings. The Balaban J connectivity index is 1.43. The third-order valence-corrected chi connectivity index (χ3v) is 7.84. The van der Waals surface area contributed by atoms with E-state index in [0.717, 1.165) is 67.2 Å². The van der Waals surface area contributed by atoms with E-state index in [2.05, 4.69) is 47.4 Å². The van der Waals surface area contributed by atoms with Crippen LogP contribution in [0.4, 0.5) is 0 Å². The van der Waals surface area contributed by atoms with Gasteiger partial charge in [-0.1, -0.05) is 72.3 Å². The molecule has 1 aliphatic rings. The molecule has 0 N–H and O–H groups in total. The lowest BCUT2D eigenvalue weighted by molar-refractivity contribution is -0.135. The molecule has 5 heteroatoms. The number of carbonyl (C=O) groups is 1. The van der Waals surface area contributed by atoms with E-state index in [-0.39, 0.29) is 11.3 Å². The number of amides is 1. The zero-order chi connectivity index (χ0) is 26.1. The van der Waals surface area contributed by atoms with Crippen LogP contribution in [0.3, 0.4) is 0 Å². The highest BCUT2D eigenvalue weighted by Gasteiger charge is 2.39. The number of rotatable bonds is 11. The number of carbonyl (C=O) groups excluding carboxylic acids is 1. The molecule has 4 nitrogen and oxygen atoms in total. The number of likely N-dealkylation sites (tertiary alicyclic amines) is 1. The molecular weight excluding hydrogens is 480 g/mol. The average molecular weight is 519 g/mol. The van der Waals surface area contributed by atoms with Crippen LogP contribution in [0.1, 0.15) is 42.4 Å². The van der Waals surface area contributed by atoms with Crippen LogP contribution in [0.15, 0.2) is 78.9 Å². The van der Waals surface area contributed by atoms with Gasteiger partial charge >= 0.3 is 0 Å². The summed E-state index contributed by atoms with van der Waals surface area (Å²) in [7, 11) is 1.91. The summed E-state index contributed by atoms with van der Waals surface area (Å²) < 4.78 is 6.35. The Morgan fingerprint density at radius 1 is 1.03 bits per heavy atom. The summed E-state index contributed by atoms with van der Waals surface area (Å²) in [6.45, 7) is 6.11. The minimum absolute atomic E-state index is 0.172. The van der Waals surface area contributed by atoms with Crippen molar-refractivity contribution in [2.45, 2.75) is 45.6 Å². The summed E-state index contributed by atoms with van der Waals surface area (Å²) in [6, 6.07) is 26.6. The van der Waals surface area contributed by atoms with Gasteiger partial charge in [0.25, 0.3) is 0 Å². The Labute approximate surface area is 227 Å². The smallest absolute Gasteiger partial charge is 0.223 e. The van der Waals surface area contributed by atoms with Gasteiger partial charge in [-0.15, -0.1) is 0 Å². The van der Waals surface area contributed by atoms with E-state index >= 15 is 0 Å². The van der Waals surface area contributed by atoms with Crippen molar-refractivity contribution in [2.75, 3.05) is 33.3 Å². The van der Waals surface area contributed by atoms with Crippen LogP contribution in [0.5, 0.6) is 5.75 Å². The number of ether oxygens (including phenoxy) is 1. The lowest BCUT2D eigenvalue weighted by Gasteiger charge is -2.43. The fourth-order valence-corrected chi connectivity index (χ4v) is 5.43. The van der Waals surface area contributed by atoms with E-state index in [0.29, 0.717) is 19.6 Å². The van der Waals surface area contributed by atoms with E-state index < -0.39 is 0 Å². The molecule has 1 heterocycles. The van der Waals surface area contributed by atoms with Crippen LogP contribution >= 0.6 is 11.6 Å². The van der Waals surface area contributed by atoms with Gasteiger partial charge in [-0.2, -0.15) is 0 Å². The predicted octanol–water partition coefficient (Wildman–Crippen LogP) is 6.79. The molecule has 1 saturated heterocycles. The topological polar surface area (TPSA) is 32.8 Å². The number of halogens is 1. The molecule has 37 heavy (non-hydrogen) atoms. The molecular formula is C32H39ClN2O2. The largest absolute Gasteiger partial charge is 0.493 e. The van der Waals surface area contributed by atoms with Crippen molar-refractivity contribution < 1.29 is 9.53 Å². The zero-order valence-electron chi connectivity index (χ0n) is 22.2. The number of hydrogen-bond acceptors (Lipinski definition) is 3. The van der Waals surface area contributed by atoms with Crippen LogP contribution in [0, 0.1) is 12.3 Å². The summed E-state index contributed by atoms with van der Waals surface area (Å²) in [5, 5.41) is 0.738. The van der Waals surface area contributed by atoms with Crippen molar-refractivity contribution in [3.8, 4) is 5.75 Å². The van der Waals surface area contributed by atoms with Crippen molar-refractivity contribution in [3.05, 3.63) is 101 Å². The van der Waals surface area contributed by atoms with Crippen LogP contribution < -0.4 is 4.74 Å². The molecule has 0 aliphatic carbocycles. The predicted molar refractivity (Wildman–Crippen MR) is 152 cm³/mol. The Morgan fingerprint density at radius 2 is 1.73 bits per heavy atom. The highest BCUT2D eigenvalue weighted by Crippen LogP contribution is 2.36. The van der Waals surface area contributed by atoms with Gasteiger partial charge in [-0.25, -0.2) is 0 Å². The van der Waals surface area contributed by atoms with Crippen molar-refractivity contribution in [2.24, 2.45) is 5.41 Å². The quantitative estimate of drug-likeness (QED) is 0.280. The summed E-state index contributed by atoms with van der Waals surface area (Å²) in [6.07, 6.45) is 4.73. The monoisotopic (exact) mass is 518 g/mol. The second-order valence-electron chi connectivity index (χ2n) is 10.6. The highest BCUT2D eigenvalue weighted by molar-refractivity contribution is 6.31. The third kappa shape index (κ3) is 8.08. The van der Waals surface area contributed by atoms with Gasteiger partial charge in [-0.3, -0.25) is 4.79 Å². The number of hydrogen-bond donors (Lipinski definition) is 0. The van der Waals surface area contributed by atoms with Gasteiger partial charge in [0.15, 0.2) is 0 Å². The van der Waals surface area contributed by atoms with E-state index in [1.54, 1.807) is 0 Å². The van der Waals surface area contributed by atoms with E-state index in [1.807, 2.05) is 55.3 Å². The van der Waals surface area contributed by atoms with Crippen molar-refractivity contribution in [1.29, 1.82) is 0 Å². The maximum Gasteiger partial charge on any atom is 0.223 e. The lowest BCUT2D eigenvalue weighted by Crippen LogP contribution is -2.49. The van der Waals surface area contributed by atoms with Gasteiger partial charge in [0.05, 0.1) is 6.61 Å². The molecule has 3 aromatic carbocycles. The Bertz CT molecular complexity index is 1140. The van der Waals surface area contributed by atoms with Crippen LogP contribution in [-0.2, 0) is 17.8 Å². The van der Waals surface area contributed by atoms with Crippen LogP contribution in [-0.4, -0.2) is 49.0 Å². The number of piperidine rings is 1. The Hall–Kier alpha value is -2.82. The summed E-state index contributed by atoms with van der Waals surface area (Å²) in [5.41, 5.74) is 3.30. The second-order valence-corrected chi connectivity index (χ2v) is 11.0. The van der Waals surface area contributed by atoms with E-state index in [9.17, 15) is 4.79 Å².